The molecule has 3 heterocycles. The lowest BCUT2D eigenvalue weighted by atomic mass is 10.2. The molecule has 0 aromatic carbocycles. The van der Waals surface area contributed by atoms with Gasteiger partial charge in [0.1, 0.15) is 0 Å². The predicted octanol–water partition coefficient (Wildman–Crippen LogP) is 1.13. The van der Waals surface area contributed by atoms with Crippen molar-refractivity contribution in [3.63, 3.8) is 0 Å². The monoisotopic (exact) mass is 330 g/mol. The predicted molar refractivity (Wildman–Crippen MR) is 91.1 cm³/mol. The lowest BCUT2D eigenvalue weighted by Gasteiger charge is -2.35. The second-order valence-corrected chi connectivity index (χ2v) is 6.64. The van der Waals surface area contributed by atoms with E-state index >= 15 is 0 Å². The van der Waals surface area contributed by atoms with Crippen LogP contribution < -0.4 is 0 Å². The van der Waals surface area contributed by atoms with E-state index in [1.807, 2.05) is 17.2 Å². The molecule has 2 fully saturated rings. The smallest absolute Gasteiger partial charge is 0.242 e. The zero-order valence-corrected chi connectivity index (χ0v) is 14.2. The van der Waals surface area contributed by atoms with Crippen LogP contribution in [0.4, 0.5) is 0 Å². The van der Waals surface area contributed by atoms with Crippen LogP contribution in [-0.2, 0) is 16.1 Å². The normalized spacial score (nSPS) is 20.1. The Kier molecular flexibility index (Phi) is 5.80. The number of pyridine rings is 1. The maximum absolute atomic E-state index is 12.5. The number of nitrogens with zero attached hydrogens (tertiary/aromatic N) is 4. The second-order valence-electron chi connectivity index (χ2n) is 6.64. The first kappa shape index (κ1) is 16.9. The van der Waals surface area contributed by atoms with Gasteiger partial charge in [-0.1, -0.05) is 12.5 Å². The molecule has 1 aromatic heterocycles. The highest BCUT2D eigenvalue weighted by Gasteiger charge is 2.25. The number of amides is 2. The van der Waals surface area contributed by atoms with Crippen molar-refractivity contribution in [3.05, 3.63) is 30.1 Å². The standard InChI is InChI=1S/C18H26N4O2/c23-17-6-2-1-3-8-22(17)15-18(24)21-11-9-20(10-12-21)14-16-5-4-7-19-13-16/h4-5,7,13H,1-3,6,8-12,14-15H2. The number of rotatable bonds is 4. The summed E-state index contributed by atoms with van der Waals surface area (Å²) in [7, 11) is 0. The molecule has 130 valence electrons. The Balaban J connectivity index is 1.45. The van der Waals surface area contributed by atoms with Gasteiger partial charge in [0, 0.05) is 58.1 Å². The van der Waals surface area contributed by atoms with Crippen LogP contribution >= 0.6 is 0 Å². The quantitative estimate of drug-likeness (QED) is 0.830. The first-order valence-corrected chi connectivity index (χ1v) is 8.89. The van der Waals surface area contributed by atoms with Crippen LogP contribution in [0.3, 0.4) is 0 Å². The van der Waals surface area contributed by atoms with Crippen molar-refractivity contribution in [1.82, 2.24) is 19.7 Å². The van der Waals surface area contributed by atoms with Crippen LogP contribution in [0.2, 0.25) is 0 Å². The number of likely N-dealkylation sites (tertiary alicyclic amines) is 1. The van der Waals surface area contributed by atoms with E-state index in [1.165, 1.54) is 5.56 Å². The Morgan fingerprint density at radius 2 is 1.92 bits per heavy atom. The number of hydrogen-bond donors (Lipinski definition) is 0. The Morgan fingerprint density at radius 1 is 1.08 bits per heavy atom. The fourth-order valence-corrected chi connectivity index (χ4v) is 3.37. The van der Waals surface area contributed by atoms with Gasteiger partial charge in [0.15, 0.2) is 0 Å². The fourth-order valence-electron chi connectivity index (χ4n) is 3.37. The van der Waals surface area contributed by atoms with Crippen LogP contribution in [0.5, 0.6) is 0 Å². The van der Waals surface area contributed by atoms with Crippen LogP contribution in [0.25, 0.3) is 0 Å². The van der Waals surface area contributed by atoms with Gasteiger partial charge in [0.05, 0.1) is 6.54 Å². The largest absolute Gasteiger partial charge is 0.339 e. The average Bonchev–Trinajstić information content (AvgIpc) is 2.81. The average molecular weight is 330 g/mol. The lowest BCUT2D eigenvalue weighted by Crippen LogP contribution is -2.51. The van der Waals surface area contributed by atoms with Crippen molar-refractivity contribution < 1.29 is 9.59 Å². The fraction of sp³-hybridized carbons (Fsp3) is 0.611. The van der Waals surface area contributed by atoms with E-state index in [9.17, 15) is 9.59 Å². The highest BCUT2D eigenvalue weighted by Crippen LogP contribution is 2.12. The topological polar surface area (TPSA) is 56.8 Å². The van der Waals surface area contributed by atoms with Gasteiger partial charge in [-0.15, -0.1) is 0 Å². The minimum absolute atomic E-state index is 0.0891. The van der Waals surface area contributed by atoms with Crippen molar-refractivity contribution in [2.24, 2.45) is 0 Å². The second kappa shape index (κ2) is 8.24. The van der Waals surface area contributed by atoms with E-state index in [1.54, 1.807) is 11.1 Å². The molecule has 0 N–H and O–H groups in total. The van der Waals surface area contributed by atoms with E-state index < -0.39 is 0 Å². The molecular formula is C18H26N4O2. The summed E-state index contributed by atoms with van der Waals surface area (Å²) in [6, 6.07) is 4.03. The summed E-state index contributed by atoms with van der Waals surface area (Å²) in [5.74, 6) is 0.224. The van der Waals surface area contributed by atoms with Gasteiger partial charge in [-0.3, -0.25) is 19.5 Å². The molecule has 0 saturated carbocycles. The molecule has 0 aliphatic carbocycles. The summed E-state index contributed by atoms with van der Waals surface area (Å²) in [4.78, 5) is 34.7. The zero-order chi connectivity index (χ0) is 16.8. The van der Waals surface area contributed by atoms with Gasteiger partial charge < -0.3 is 9.80 Å². The summed E-state index contributed by atoms with van der Waals surface area (Å²) in [5.41, 5.74) is 1.20. The third-order valence-electron chi connectivity index (χ3n) is 4.85. The van der Waals surface area contributed by atoms with Gasteiger partial charge in [0.2, 0.25) is 11.8 Å². The van der Waals surface area contributed by atoms with Gasteiger partial charge >= 0.3 is 0 Å². The number of carbonyl (C=O) groups excluding carboxylic acids is 2. The SMILES string of the molecule is O=C(CN1CCCCCC1=O)N1CCN(Cc2cccnc2)CC1. The van der Waals surface area contributed by atoms with E-state index in [-0.39, 0.29) is 18.4 Å². The molecule has 0 unspecified atom stereocenters. The van der Waals surface area contributed by atoms with Crippen LogP contribution in [-0.4, -0.2) is 70.8 Å². The lowest BCUT2D eigenvalue weighted by molar-refractivity contribution is -0.141. The van der Waals surface area contributed by atoms with Gasteiger partial charge in [-0.2, -0.15) is 0 Å². The van der Waals surface area contributed by atoms with E-state index in [0.29, 0.717) is 6.42 Å². The van der Waals surface area contributed by atoms with E-state index in [4.69, 9.17) is 0 Å². The summed E-state index contributed by atoms with van der Waals surface area (Å²) in [6.45, 7) is 5.07. The van der Waals surface area contributed by atoms with Crippen molar-refractivity contribution in [2.45, 2.75) is 32.2 Å². The Labute approximate surface area is 143 Å². The van der Waals surface area contributed by atoms with Crippen LogP contribution in [0, 0.1) is 0 Å². The number of hydrogen-bond acceptors (Lipinski definition) is 4. The molecular weight excluding hydrogens is 304 g/mol. The van der Waals surface area contributed by atoms with Gasteiger partial charge in [0.25, 0.3) is 0 Å². The molecule has 2 aliphatic heterocycles. The Morgan fingerprint density at radius 3 is 2.67 bits per heavy atom. The van der Waals surface area contributed by atoms with Gasteiger partial charge in [-0.25, -0.2) is 0 Å². The maximum atomic E-state index is 12.5. The van der Waals surface area contributed by atoms with E-state index in [0.717, 1.165) is 58.5 Å². The molecule has 6 nitrogen and oxygen atoms in total. The molecule has 1 aromatic rings. The summed E-state index contributed by atoms with van der Waals surface area (Å²) in [5, 5.41) is 0. The molecule has 0 radical (unpaired) electrons. The highest BCUT2D eigenvalue weighted by atomic mass is 16.2. The molecule has 2 saturated heterocycles. The number of aromatic nitrogens is 1. The Bertz CT molecular complexity index is 555. The van der Waals surface area contributed by atoms with Crippen molar-refractivity contribution in [3.8, 4) is 0 Å². The summed E-state index contributed by atoms with van der Waals surface area (Å²) in [6.07, 6.45) is 7.32. The molecule has 0 atom stereocenters. The molecule has 2 aliphatic rings. The molecule has 0 bridgehead atoms. The molecule has 24 heavy (non-hydrogen) atoms. The number of carbonyl (C=O) groups is 2. The Hall–Kier alpha value is -1.95. The van der Waals surface area contributed by atoms with Crippen LogP contribution in [0.15, 0.2) is 24.5 Å². The van der Waals surface area contributed by atoms with E-state index in [2.05, 4.69) is 16.0 Å². The summed E-state index contributed by atoms with van der Waals surface area (Å²) >= 11 is 0. The zero-order valence-electron chi connectivity index (χ0n) is 14.2. The third-order valence-corrected chi connectivity index (χ3v) is 4.85. The van der Waals surface area contributed by atoms with Crippen molar-refractivity contribution in [2.75, 3.05) is 39.3 Å². The highest BCUT2D eigenvalue weighted by molar-refractivity contribution is 5.85. The minimum Gasteiger partial charge on any atom is -0.339 e. The van der Waals surface area contributed by atoms with Crippen LogP contribution in [0.1, 0.15) is 31.2 Å². The minimum atomic E-state index is 0.0891. The molecule has 3 rings (SSSR count). The van der Waals surface area contributed by atoms with Crippen molar-refractivity contribution >= 4 is 11.8 Å². The van der Waals surface area contributed by atoms with Crippen molar-refractivity contribution in [1.29, 1.82) is 0 Å². The molecule has 2 amide bonds. The summed E-state index contributed by atoms with van der Waals surface area (Å²) < 4.78 is 0. The first-order chi connectivity index (χ1) is 11.7. The number of piperazine rings is 1. The third kappa shape index (κ3) is 4.54. The maximum Gasteiger partial charge on any atom is 0.242 e. The molecule has 0 spiro atoms. The van der Waals surface area contributed by atoms with Gasteiger partial charge in [-0.05, 0) is 24.5 Å². The first-order valence-electron chi connectivity index (χ1n) is 8.89. The molecule has 6 heteroatoms.